The van der Waals surface area contributed by atoms with E-state index in [1.54, 1.807) is 18.2 Å². The summed E-state index contributed by atoms with van der Waals surface area (Å²) in [5.74, 6) is 0.299. The van der Waals surface area contributed by atoms with E-state index in [2.05, 4.69) is 25.6 Å². The van der Waals surface area contributed by atoms with Gasteiger partial charge in [-0.25, -0.2) is 10.1 Å². The fourth-order valence-electron chi connectivity index (χ4n) is 1.68. The maximum atomic E-state index is 11.4. The lowest BCUT2D eigenvalue weighted by Gasteiger charge is -2.07. The Labute approximate surface area is 99.7 Å². The first-order chi connectivity index (χ1) is 8.57. The number of imidazole rings is 1. The minimum absolute atomic E-state index is 0.204. The van der Waals surface area contributed by atoms with Crippen LogP contribution in [0, 0.1) is 0 Å². The number of H-pyrrole nitrogens is 1. The molecule has 0 fully saturated rings. The highest BCUT2D eigenvalue weighted by atomic mass is 31.2. The van der Waals surface area contributed by atoms with Gasteiger partial charge in [0.05, 0.1) is 11.9 Å². The van der Waals surface area contributed by atoms with Crippen LogP contribution in [-0.4, -0.2) is 39.8 Å². The molecule has 0 aliphatic carbocycles. The minimum atomic E-state index is -4.43. The van der Waals surface area contributed by atoms with Crippen molar-refractivity contribution in [1.82, 2.24) is 30.0 Å². The first-order valence-corrected chi connectivity index (χ1v) is 6.45. The summed E-state index contributed by atoms with van der Waals surface area (Å²) in [7, 11) is -4.43. The van der Waals surface area contributed by atoms with E-state index in [-0.39, 0.29) is 5.44 Å². The summed E-state index contributed by atoms with van der Waals surface area (Å²) in [5, 5.41) is 13.1. The smallest absolute Gasteiger partial charge is 0.320 e. The van der Waals surface area contributed by atoms with Gasteiger partial charge in [0.1, 0.15) is 5.65 Å². The number of aromatic amines is 1. The fraction of sp³-hybridized carbons (Fsp3) is 0. The highest BCUT2D eigenvalue weighted by Gasteiger charge is 2.24. The molecule has 0 bridgehead atoms. The SMILES string of the molecule is O=P(O)(O)c1cnc2cccc(-c3nnn[nH]3)n12. The van der Waals surface area contributed by atoms with Crippen molar-refractivity contribution in [3.8, 4) is 11.5 Å². The molecule has 0 saturated heterocycles. The summed E-state index contributed by atoms with van der Waals surface area (Å²) in [5.41, 5.74) is 0.625. The number of nitrogens with zero attached hydrogens (tertiary/aromatic N) is 5. The average Bonchev–Trinajstić information content (AvgIpc) is 2.96. The van der Waals surface area contributed by atoms with E-state index in [0.29, 0.717) is 17.2 Å². The van der Waals surface area contributed by atoms with Gasteiger partial charge in [-0.1, -0.05) is 6.07 Å². The first-order valence-electron chi connectivity index (χ1n) is 4.84. The van der Waals surface area contributed by atoms with Crippen LogP contribution in [0.5, 0.6) is 0 Å². The van der Waals surface area contributed by atoms with Crippen LogP contribution >= 0.6 is 7.60 Å². The van der Waals surface area contributed by atoms with Crippen molar-refractivity contribution in [3.63, 3.8) is 0 Å². The van der Waals surface area contributed by atoms with Gasteiger partial charge in [-0.15, -0.1) is 5.10 Å². The van der Waals surface area contributed by atoms with Gasteiger partial charge in [-0.3, -0.25) is 8.97 Å². The summed E-state index contributed by atoms with van der Waals surface area (Å²) >= 11 is 0. The van der Waals surface area contributed by atoms with Crippen LogP contribution in [-0.2, 0) is 4.57 Å². The Bertz CT molecular complexity index is 745. The third-order valence-electron chi connectivity index (χ3n) is 2.40. The van der Waals surface area contributed by atoms with Gasteiger partial charge in [0.15, 0.2) is 11.3 Å². The molecule has 3 rings (SSSR count). The molecule has 3 N–H and O–H groups in total. The van der Waals surface area contributed by atoms with Gasteiger partial charge in [-0.05, 0) is 22.6 Å². The van der Waals surface area contributed by atoms with E-state index in [1.807, 2.05) is 0 Å². The lowest BCUT2D eigenvalue weighted by atomic mass is 10.3. The van der Waals surface area contributed by atoms with E-state index in [0.717, 1.165) is 6.20 Å². The van der Waals surface area contributed by atoms with Crippen molar-refractivity contribution in [2.45, 2.75) is 0 Å². The number of rotatable bonds is 2. The zero-order chi connectivity index (χ0) is 12.8. The third kappa shape index (κ3) is 1.61. The fourth-order valence-corrected chi connectivity index (χ4v) is 2.36. The normalized spacial score (nSPS) is 12.1. The lowest BCUT2D eigenvalue weighted by molar-refractivity contribution is 0.386. The molecule has 3 heterocycles. The van der Waals surface area contributed by atoms with Crippen molar-refractivity contribution in [2.24, 2.45) is 0 Å². The molecule has 0 aromatic carbocycles. The van der Waals surface area contributed by atoms with E-state index < -0.39 is 7.60 Å². The molecule has 92 valence electrons. The van der Waals surface area contributed by atoms with Crippen LogP contribution in [0.15, 0.2) is 24.4 Å². The van der Waals surface area contributed by atoms with Gasteiger partial charge in [0.2, 0.25) is 0 Å². The molecule has 0 amide bonds. The molecule has 0 atom stereocenters. The van der Waals surface area contributed by atoms with Crippen LogP contribution in [0.3, 0.4) is 0 Å². The molecular formula is C8H7N6O3P. The Kier molecular flexibility index (Phi) is 2.27. The van der Waals surface area contributed by atoms with Crippen LogP contribution in [0.25, 0.3) is 17.2 Å². The zero-order valence-electron chi connectivity index (χ0n) is 8.80. The van der Waals surface area contributed by atoms with Gasteiger partial charge in [-0.2, -0.15) is 0 Å². The molecule has 9 nitrogen and oxygen atoms in total. The zero-order valence-corrected chi connectivity index (χ0v) is 9.69. The number of nitrogens with one attached hydrogen (secondary N) is 1. The molecule has 10 heteroatoms. The van der Waals surface area contributed by atoms with Crippen molar-refractivity contribution >= 4 is 18.7 Å². The van der Waals surface area contributed by atoms with E-state index in [9.17, 15) is 14.4 Å². The summed E-state index contributed by atoms with van der Waals surface area (Å²) in [6, 6.07) is 4.96. The third-order valence-corrected chi connectivity index (χ3v) is 3.31. The van der Waals surface area contributed by atoms with Crippen LogP contribution in [0.1, 0.15) is 0 Å². The molecule has 3 aromatic heterocycles. The predicted molar refractivity (Wildman–Crippen MR) is 60.0 cm³/mol. The minimum Gasteiger partial charge on any atom is -0.320 e. The van der Waals surface area contributed by atoms with Crippen LogP contribution in [0.4, 0.5) is 0 Å². The lowest BCUT2D eigenvalue weighted by Crippen LogP contribution is -2.12. The Hall–Kier alpha value is -2.09. The monoisotopic (exact) mass is 266 g/mol. The van der Waals surface area contributed by atoms with E-state index >= 15 is 0 Å². The quantitative estimate of drug-likeness (QED) is 0.524. The molecule has 0 radical (unpaired) electrons. The van der Waals surface area contributed by atoms with Crippen LogP contribution in [0.2, 0.25) is 0 Å². The van der Waals surface area contributed by atoms with E-state index in [4.69, 9.17) is 0 Å². The second kappa shape index (κ2) is 3.70. The molecule has 18 heavy (non-hydrogen) atoms. The standard InChI is InChI=1S/C8H7N6O3P/c15-18(16,17)7-4-9-6-3-1-2-5(14(6)7)8-10-12-13-11-8/h1-4H,(H2,15,16,17)(H,10,11,12,13). The predicted octanol–water partition coefficient (Wildman–Crippen LogP) is -0.683. The second-order valence-electron chi connectivity index (χ2n) is 3.51. The van der Waals surface area contributed by atoms with Crippen molar-refractivity contribution in [3.05, 3.63) is 24.4 Å². The second-order valence-corrected chi connectivity index (χ2v) is 5.06. The van der Waals surface area contributed by atoms with Crippen molar-refractivity contribution < 1.29 is 14.4 Å². The molecule has 3 aromatic rings. The maximum absolute atomic E-state index is 11.4. The highest BCUT2D eigenvalue weighted by molar-refractivity contribution is 7.60. The van der Waals surface area contributed by atoms with Gasteiger partial charge < -0.3 is 9.79 Å². The molecule has 0 saturated carbocycles. The summed E-state index contributed by atoms with van der Waals surface area (Å²) in [4.78, 5) is 22.5. The summed E-state index contributed by atoms with van der Waals surface area (Å²) < 4.78 is 12.7. The number of hydrogen-bond donors (Lipinski definition) is 3. The number of aromatic nitrogens is 6. The topological polar surface area (TPSA) is 129 Å². The Morgan fingerprint density at radius 2 is 2.17 bits per heavy atom. The number of tetrazole rings is 1. The Balaban J connectivity index is 2.39. The molecule has 0 aliphatic heterocycles. The molecular weight excluding hydrogens is 259 g/mol. The average molecular weight is 266 g/mol. The largest absolute Gasteiger partial charge is 0.374 e. The van der Waals surface area contributed by atoms with Crippen LogP contribution < -0.4 is 5.44 Å². The van der Waals surface area contributed by atoms with E-state index in [1.165, 1.54) is 4.40 Å². The molecule has 0 spiro atoms. The first kappa shape index (κ1) is 11.0. The highest BCUT2D eigenvalue weighted by Crippen LogP contribution is 2.34. The van der Waals surface area contributed by atoms with Gasteiger partial charge in [0, 0.05) is 0 Å². The molecule has 0 aliphatic rings. The Morgan fingerprint density at radius 1 is 1.33 bits per heavy atom. The number of hydrogen-bond acceptors (Lipinski definition) is 5. The van der Waals surface area contributed by atoms with Crippen molar-refractivity contribution in [1.29, 1.82) is 0 Å². The maximum Gasteiger partial charge on any atom is 0.374 e. The van der Waals surface area contributed by atoms with Gasteiger partial charge in [0.25, 0.3) is 0 Å². The number of pyridine rings is 1. The summed E-state index contributed by atoms with van der Waals surface area (Å²) in [6.07, 6.45) is 1.14. The molecule has 0 unspecified atom stereocenters. The van der Waals surface area contributed by atoms with Crippen molar-refractivity contribution in [2.75, 3.05) is 0 Å². The summed E-state index contributed by atoms with van der Waals surface area (Å²) in [6.45, 7) is 0. The number of fused-ring (bicyclic) bond motifs is 1. The van der Waals surface area contributed by atoms with Gasteiger partial charge >= 0.3 is 7.60 Å². The Morgan fingerprint density at radius 3 is 2.83 bits per heavy atom.